The number of nitrogens with zero attached hydrogens (tertiary/aromatic N) is 3. The van der Waals surface area contributed by atoms with Gasteiger partial charge in [0.05, 0.1) is 16.6 Å². The van der Waals surface area contributed by atoms with E-state index in [2.05, 4.69) is 24.7 Å². The van der Waals surface area contributed by atoms with E-state index in [1.807, 2.05) is 54.7 Å². The zero-order chi connectivity index (χ0) is 17.3. The molecule has 0 bridgehead atoms. The van der Waals surface area contributed by atoms with E-state index in [1.54, 1.807) is 6.20 Å². The third-order valence-electron chi connectivity index (χ3n) is 5.18. The molecule has 124 valence electrons. The van der Waals surface area contributed by atoms with E-state index >= 15 is 0 Å². The maximum Gasteiger partial charge on any atom is 0.281 e. The van der Waals surface area contributed by atoms with Crippen LogP contribution in [0.5, 0.6) is 0 Å². The lowest BCUT2D eigenvalue weighted by Gasteiger charge is -2.28. The Labute approximate surface area is 147 Å². The Balaban J connectivity index is 1.88. The van der Waals surface area contributed by atoms with Gasteiger partial charge in [-0.25, -0.2) is 0 Å². The standard InChI is InChI=1S/C20H13N5O/c26-20-11-4-1-2-7-16(11)25-18(15-8-9-22-24-15)13-10-21-14-6-3-5-12(17(13)14)19(25)23-20/h1-10,18,21H,(H,22,24). The summed E-state index contributed by atoms with van der Waals surface area (Å²) in [5.41, 5.74) is 4.77. The van der Waals surface area contributed by atoms with Crippen molar-refractivity contribution in [2.75, 3.05) is 0 Å². The quantitative estimate of drug-likeness (QED) is 0.483. The number of aromatic amines is 2. The summed E-state index contributed by atoms with van der Waals surface area (Å²) in [6.07, 6.45) is 3.78. The molecule has 1 atom stereocenters. The average molecular weight is 339 g/mol. The molecule has 1 aliphatic heterocycles. The number of H-pyrrole nitrogens is 2. The highest BCUT2D eigenvalue weighted by Crippen LogP contribution is 2.43. The monoisotopic (exact) mass is 339 g/mol. The van der Waals surface area contributed by atoms with E-state index < -0.39 is 0 Å². The molecule has 0 saturated carbocycles. The normalized spacial score (nSPS) is 15.5. The first-order valence-corrected chi connectivity index (χ1v) is 8.44. The first-order chi connectivity index (χ1) is 12.8. The molecular weight excluding hydrogens is 326 g/mol. The van der Waals surface area contributed by atoms with Crippen LogP contribution < -0.4 is 5.56 Å². The molecule has 0 saturated heterocycles. The van der Waals surface area contributed by atoms with Crippen molar-refractivity contribution >= 4 is 21.8 Å². The number of benzene rings is 2. The Bertz CT molecular complexity index is 1360. The summed E-state index contributed by atoms with van der Waals surface area (Å²) < 4.78 is 2.13. The van der Waals surface area contributed by atoms with Crippen LogP contribution in [0.3, 0.4) is 0 Å². The fraction of sp³-hybridized carbons (Fsp3) is 0.0500. The number of rotatable bonds is 1. The van der Waals surface area contributed by atoms with Gasteiger partial charge in [0.1, 0.15) is 11.9 Å². The molecule has 0 fully saturated rings. The van der Waals surface area contributed by atoms with Crippen LogP contribution in [0.25, 0.3) is 33.2 Å². The third kappa shape index (κ3) is 1.58. The van der Waals surface area contributed by atoms with E-state index in [0.717, 1.165) is 33.2 Å². The zero-order valence-electron chi connectivity index (χ0n) is 13.6. The van der Waals surface area contributed by atoms with E-state index in [-0.39, 0.29) is 11.6 Å². The third-order valence-corrected chi connectivity index (χ3v) is 5.18. The summed E-state index contributed by atoms with van der Waals surface area (Å²) in [6, 6.07) is 15.5. The van der Waals surface area contributed by atoms with Crippen LogP contribution in [-0.4, -0.2) is 24.7 Å². The number of hydrogen-bond acceptors (Lipinski definition) is 3. The average Bonchev–Trinajstić information content (AvgIpc) is 3.34. The van der Waals surface area contributed by atoms with Crippen LogP contribution in [-0.2, 0) is 0 Å². The summed E-state index contributed by atoms with van der Waals surface area (Å²) in [7, 11) is 0. The molecule has 0 spiro atoms. The lowest BCUT2D eigenvalue weighted by molar-refractivity contribution is 0.666. The van der Waals surface area contributed by atoms with Gasteiger partial charge in [-0.3, -0.25) is 9.89 Å². The topological polar surface area (TPSA) is 79.4 Å². The molecule has 4 heterocycles. The van der Waals surface area contributed by atoms with Crippen molar-refractivity contribution in [2.24, 2.45) is 0 Å². The molecule has 1 aliphatic rings. The van der Waals surface area contributed by atoms with E-state index in [0.29, 0.717) is 11.2 Å². The second-order valence-corrected chi connectivity index (χ2v) is 6.51. The molecule has 6 nitrogen and oxygen atoms in total. The first-order valence-electron chi connectivity index (χ1n) is 8.44. The van der Waals surface area contributed by atoms with Crippen LogP contribution >= 0.6 is 0 Å². The van der Waals surface area contributed by atoms with Gasteiger partial charge < -0.3 is 9.55 Å². The molecule has 0 radical (unpaired) electrons. The van der Waals surface area contributed by atoms with Crippen molar-refractivity contribution in [3.63, 3.8) is 0 Å². The Hall–Kier alpha value is -3.67. The molecule has 2 N–H and O–H groups in total. The van der Waals surface area contributed by atoms with Gasteiger partial charge in [0, 0.05) is 34.4 Å². The Morgan fingerprint density at radius 1 is 1.04 bits per heavy atom. The first kappa shape index (κ1) is 13.6. The summed E-state index contributed by atoms with van der Waals surface area (Å²) in [5.74, 6) is 0.686. The van der Waals surface area contributed by atoms with Crippen molar-refractivity contribution in [3.05, 3.63) is 82.5 Å². The zero-order valence-corrected chi connectivity index (χ0v) is 13.6. The van der Waals surface area contributed by atoms with E-state index in [9.17, 15) is 4.79 Å². The maximum atomic E-state index is 12.7. The smallest absolute Gasteiger partial charge is 0.281 e. The Morgan fingerprint density at radius 3 is 2.85 bits per heavy atom. The van der Waals surface area contributed by atoms with Crippen molar-refractivity contribution in [1.29, 1.82) is 0 Å². The summed E-state index contributed by atoms with van der Waals surface area (Å²) in [5, 5.41) is 8.96. The van der Waals surface area contributed by atoms with Crippen molar-refractivity contribution in [3.8, 4) is 11.4 Å². The second-order valence-electron chi connectivity index (χ2n) is 6.51. The van der Waals surface area contributed by atoms with Crippen molar-refractivity contribution in [1.82, 2.24) is 24.7 Å². The van der Waals surface area contributed by atoms with Gasteiger partial charge in [-0.2, -0.15) is 10.1 Å². The van der Waals surface area contributed by atoms with Gasteiger partial charge >= 0.3 is 0 Å². The fourth-order valence-corrected chi connectivity index (χ4v) is 4.12. The minimum atomic E-state index is -0.203. The van der Waals surface area contributed by atoms with Crippen LogP contribution in [0, 0.1) is 0 Å². The number of aromatic nitrogens is 5. The van der Waals surface area contributed by atoms with Gasteiger partial charge in [-0.15, -0.1) is 0 Å². The van der Waals surface area contributed by atoms with Crippen LogP contribution in [0.4, 0.5) is 0 Å². The highest BCUT2D eigenvalue weighted by molar-refractivity contribution is 5.99. The molecule has 6 rings (SSSR count). The highest BCUT2D eigenvalue weighted by atomic mass is 16.1. The van der Waals surface area contributed by atoms with Gasteiger partial charge in [0.25, 0.3) is 5.56 Å². The molecule has 1 unspecified atom stereocenters. The maximum absolute atomic E-state index is 12.7. The van der Waals surface area contributed by atoms with Gasteiger partial charge in [-0.05, 0) is 24.3 Å². The molecule has 2 aromatic carbocycles. The summed E-state index contributed by atoms with van der Waals surface area (Å²) >= 11 is 0. The van der Waals surface area contributed by atoms with Gasteiger partial charge in [0.2, 0.25) is 0 Å². The van der Waals surface area contributed by atoms with E-state index in [1.165, 1.54) is 0 Å². The SMILES string of the molecule is O=c1nc2n(c3ccccc13)C(c1ccn[nH]1)c1c[nH]c3cccc-2c13. The molecule has 3 aromatic heterocycles. The van der Waals surface area contributed by atoms with E-state index in [4.69, 9.17) is 0 Å². The minimum Gasteiger partial charge on any atom is -0.361 e. The van der Waals surface area contributed by atoms with Crippen LogP contribution in [0.2, 0.25) is 0 Å². The lowest BCUT2D eigenvalue weighted by atomic mass is 9.93. The summed E-state index contributed by atoms with van der Waals surface area (Å²) in [4.78, 5) is 20.5. The Kier molecular flexibility index (Phi) is 2.46. The largest absolute Gasteiger partial charge is 0.361 e. The van der Waals surface area contributed by atoms with Crippen molar-refractivity contribution in [2.45, 2.75) is 6.04 Å². The molecule has 26 heavy (non-hydrogen) atoms. The lowest BCUT2D eigenvalue weighted by Crippen LogP contribution is -2.24. The van der Waals surface area contributed by atoms with Crippen LogP contribution in [0.15, 0.2) is 65.7 Å². The second kappa shape index (κ2) is 4.70. The number of para-hydroxylation sites is 1. The predicted octanol–water partition coefficient (Wildman–Crippen LogP) is 3.22. The van der Waals surface area contributed by atoms with Gasteiger partial charge in [0.15, 0.2) is 0 Å². The Morgan fingerprint density at radius 2 is 1.96 bits per heavy atom. The fourth-order valence-electron chi connectivity index (χ4n) is 4.12. The molecule has 0 amide bonds. The number of nitrogens with one attached hydrogen (secondary N) is 2. The highest BCUT2D eigenvalue weighted by Gasteiger charge is 2.31. The van der Waals surface area contributed by atoms with Crippen molar-refractivity contribution < 1.29 is 0 Å². The molecule has 5 aromatic rings. The van der Waals surface area contributed by atoms with Crippen LogP contribution in [0.1, 0.15) is 17.3 Å². The summed E-state index contributed by atoms with van der Waals surface area (Å²) in [6.45, 7) is 0. The predicted molar refractivity (Wildman–Crippen MR) is 99.1 cm³/mol. The number of hydrogen-bond donors (Lipinski definition) is 2. The molecular formula is C20H13N5O. The molecule has 0 aliphatic carbocycles. The minimum absolute atomic E-state index is 0.130. The molecule has 6 heteroatoms. The number of fused-ring (bicyclic) bond motifs is 4. The van der Waals surface area contributed by atoms with Gasteiger partial charge in [-0.1, -0.05) is 24.3 Å².